The maximum atomic E-state index is 12.5. The van der Waals surface area contributed by atoms with Gasteiger partial charge in [0.05, 0.1) is 0 Å². The van der Waals surface area contributed by atoms with Crippen LogP contribution in [0.25, 0.3) is 0 Å². The normalized spacial score (nSPS) is 15.3. The van der Waals surface area contributed by atoms with Crippen LogP contribution in [0.3, 0.4) is 0 Å². The first-order valence-corrected chi connectivity index (χ1v) is 9.82. The Bertz CT molecular complexity index is 791. The number of ether oxygens (including phenoxy) is 1. The number of hydrogen-bond donors (Lipinski definition) is 1. The molecule has 27 heavy (non-hydrogen) atoms. The minimum absolute atomic E-state index is 0.156. The number of halogens is 1. The van der Waals surface area contributed by atoms with E-state index < -0.39 is 6.10 Å². The fourth-order valence-corrected chi connectivity index (χ4v) is 3.35. The van der Waals surface area contributed by atoms with Gasteiger partial charge in [-0.1, -0.05) is 17.7 Å². The number of benzene rings is 1. The molecule has 2 heterocycles. The third-order valence-electron chi connectivity index (χ3n) is 4.79. The van der Waals surface area contributed by atoms with Crippen LogP contribution in [0.1, 0.15) is 37.3 Å². The molecule has 1 aromatic carbocycles. The number of hydrogen-bond acceptors (Lipinski definition) is 4. The molecule has 1 aliphatic heterocycles. The largest absolute Gasteiger partial charge is 0.481 e. The molecule has 3 rings (SSSR count). The van der Waals surface area contributed by atoms with Crippen LogP contribution in [-0.2, 0) is 11.3 Å². The molecule has 1 N–H and O–H groups in total. The second-order valence-corrected chi connectivity index (χ2v) is 7.33. The van der Waals surface area contributed by atoms with Crippen LogP contribution in [0.4, 0.5) is 5.82 Å². The predicted molar refractivity (Wildman–Crippen MR) is 108 cm³/mol. The van der Waals surface area contributed by atoms with Gasteiger partial charge in [-0.25, -0.2) is 4.98 Å². The summed E-state index contributed by atoms with van der Waals surface area (Å²) in [5, 5.41) is 3.65. The Morgan fingerprint density at radius 1 is 1.30 bits per heavy atom. The van der Waals surface area contributed by atoms with Gasteiger partial charge in [-0.05, 0) is 62.9 Å². The lowest BCUT2D eigenvalue weighted by Crippen LogP contribution is -2.37. The van der Waals surface area contributed by atoms with Crippen molar-refractivity contribution in [2.45, 2.75) is 45.8 Å². The molecular formula is C21H26ClN3O2. The van der Waals surface area contributed by atoms with Crippen molar-refractivity contribution in [3.63, 3.8) is 0 Å². The summed E-state index contributed by atoms with van der Waals surface area (Å²) >= 11 is 6.03. The highest BCUT2D eigenvalue weighted by atomic mass is 35.5. The minimum Gasteiger partial charge on any atom is -0.481 e. The Morgan fingerprint density at radius 2 is 2.07 bits per heavy atom. The molecule has 1 saturated heterocycles. The Hall–Kier alpha value is -2.27. The summed E-state index contributed by atoms with van der Waals surface area (Å²) in [7, 11) is 0. The molecule has 1 fully saturated rings. The number of carbonyl (C=O) groups excluding carboxylic acids is 1. The minimum atomic E-state index is -0.597. The van der Waals surface area contributed by atoms with Gasteiger partial charge in [0.25, 0.3) is 5.91 Å². The van der Waals surface area contributed by atoms with Crippen LogP contribution in [-0.4, -0.2) is 30.1 Å². The van der Waals surface area contributed by atoms with E-state index in [1.807, 2.05) is 31.3 Å². The van der Waals surface area contributed by atoms with Crippen LogP contribution in [0.15, 0.2) is 36.5 Å². The van der Waals surface area contributed by atoms with Gasteiger partial charge in [-0.15, -0.1) is 0 Å². The first-order valence-electron chi connectivity index (χ1n) is 9.44. The van der Waals surface area contributed by atoms with E-state index in [-0.39, 0.29) is 5.91 Å². The number of rotatable bonds is 6. The zero-order valence-electron chi connectivity index (χ0n) is 15.9. The van der Waals surface area contributed by atoms with E-state index in [4.69, 9.17) is 16.3 Å². The molecule has 0 radical (unpaired) electrons. The molecule has 1 amide bonds. The van der Waals surface area contributed by atoms with Gasteiger partial charge >= 0.3 is 0 Å². The summed E-state index contributed by atoms with van der Waals surface area (Å²) in [5.41, 5.74) is 1.95. The molecular weight excluding hydrogens is 362 g/mol. The van der Waals surface area contributed by atoms with Crippen molar-refractivity contribution in [1.29, 1.82) is 0 Å². The van der Waals surface area contributed by atoms with Gasteiger partial charge in [0.2, 0.25) is 0 Å². The van der Waals surface area contributed by atoms with E-state index in [2.05, 4.69) is 15.2 Å². The van der Waals surface area contributed by atoms with Gasteiger partial charge < -0.3 is 15.0 Å². The Morgan fingerprint density at radius 3 is 2.81 bits per heavy atom. The van der Waals surface area contributed by atoms with Gasteiger partial charge in [-0.2, -0.15) is 0 Å². The lowest BCUT2D eigenvalue weighted by Gasteiger charge is -2.29. The highest BCUT2D eigenvalue weighted by Crippen LogP contribution is 2.23. The standard InChI is InChI=1S/C21H26ClN3O2/c1-15-13-18(8-9-19(15)22)27-16(2)21(26)24-14-17-7-6-10-23-20(17)25-11-4-3-5-12-25/h6-10,13,16H,3-5,11-12,14H2,1-2H3,(H,24,26). The summed E-state index contributed by atoms with van der Waals surface area (Å²) in [6.45, 7) is 6.13. The Balaban J connectivity index is 1.59. The molecule has 1 atom stereocenters. The van der Waals surface area contributed by atoms with E-state index in [1.165, 1.54) is 19.3 Å². The van der Waals surface area contributed by atoms with Crippen molar-refractivity contribution in [2.24, 2.45) is 0 Å². The zero-order valence-corrected chi connectivity index (χ0v) is 16.6. The fourth-order valence-electron chi connectivity index (χ4n) is 3.23. The monoisotopic (exact) mass is 387 g/mol. The summed E-state index contributed by atoms with van der Waals surface area (Å²) in [4.78, 5) is 19.3. The van der Waals surface area contributed by atoms with Crippen LogP contribution in [0.5, 0.6) is 5.75 Å². The highest BCUT2D eigenvalue weighted by molar-refractivity contribution is 6.31. The fraction of sp³-hybridized carbons (Fsp3) is 0.429. The SMILES string of the molecule is Cc1cc(OC(C)C(=O)NCc2cccnc2N2CCCCC2)ccc1Cl. The molecule has 2 aromatic rings. The zero-order chi connectivity index (χ0) is 19.2. The Kier molecular flexibility index (Phi) is 6.56. The van der Waals surface area contributed by atoms with Crippen molar-refractivity contribution in [3.8, 4) is 5.75 Å². The van der Waals surface area contributed by atoms with Gasteiger partial charge in [0.15, 0.2) is 6.10 Å². The maximum Gasteiger partial charge on any atom is 0.261 e. The molecule has 0 bridgehead atoms. The molecule has 0 saturated carbocycles. The molecule has 1 unspecified atom stereocenters. The molecule has 6 heteroatoms. The number of aromatic nitrogens is 1. The molecule has 0 aliphatic carbocycles. The molecule has 0 spiro atoms. The predicted octanol–water partition coefficient (Wildman–Crippen LogP) is 4.12. The number of pyridine rings is 1. The summed E-state index contributed by atoms with van der Waals surface area (Å²) in [6, 6.07) is 9.31. The van der Waals surface area contributed by atoms with Gasteiger partial charge in [-0.3, -0.25) is 4.79 Å². The molecule has 144 valence electrons. The first kappa shape index (κ1) is 19.5. The van der Waals surface area contributed by atoms with Crippen molar-refractivity contribution >= 4 is 23.3 Å². The summed E-state index contributed by atoms with van der Waals surface area (Å²) < 4.78 is 5.75. The second kappa shape index (κ2) is 9.09. The van der Waals surface area contributed by atoms with Crippen molar-refractivity contribution in [3.05, 3.63) is 52.7 Å². The van der Waals surface area contributed by atoms with E-state index in [9.17, 15) is 4.79 Å². The lowest BCUT2D eigenvalue weighted by molar-refractivity contribution is -0.127. The summed E-state index contributed by atoms with van der Waals surface area (Å²) in [5.74, 6) is 1.45. The van der Waals surface area contributed by atoms with Crippen molar-refractivity contribution in [1.82, 2.24) is 10.3 Å². The number of aryl methyl sites for hydroxylation is 1. The topological polar surface area (TPSA) is 54.5 Å². The third kappa shape index (κ3) is 5.13. The summed E-state index contributed by atoms with van der Waals surface area (Å²) in [6.07, 6.45) is 4.86. The first-order chi connectivity index (χ1) is 13.0. The Labute approximate surface area is 165 Å². The van der Waals surface area contributed by atoms with Crippen LogP contribution < -0.4 is 15.0 Å². The molecule has 1 aromatic heterocycles. The number of anilines is 1. The van der Waals surface area contributed by atoms with E-state index in [1.54, 1.807) is 19.1 Å². The van der Waals surface area contributed by atoms with Gasteiger partial charge in [0, 0.05) is 36.4 Å². The molecule has 5 nitrogen and oxygen atoms in total. The number of nitrogens with one attached hydrogen (secondary N) is 1. The van der Waals surface area contributed by atoms with Crippen molar-refractivity contribution < 1.29 is 9.53 Å². The smallest absolute Gasteiger partial charge is 0.261 e. The highest BCUT2D eigenvalue weighted by Gasteiger charge is 2.18. The van der Waals surface area contributed by atoms with E-state index in [0.717, 1.165) is 30.0 Å². The number of carbonyl (C=O) groups is 1. The van der Waals surface area contributed by atoms with Crippen LogP contribution in [0.2, 0.25) is 5.02 Å². The second-order valence-electron chi connectivity index (χ2n) is 6.92. The number of piperidine rings is 1. The van der Waals surface area contributed by atoms with Crippen LogP contribution in [0, 0.1) is 6.92 Å². The third-order valence-corrected chi connectivity index (χ3v) is 5.21. The number of nitrogens with zero attached hydrogens (tertiary/aromatic N) is 2. The van der Waals surface area contributed by atoms with E-state index in [0.29, 0.717) is 17.3 Å². The average Bonchev–Trinajstić information content (AvgIpc) is 2.69. The lowest BCUT2D eigenvalue weighted by atomic mass is 10.1. The van der Waals surface area contributed by atoms with Crippen molar-refractivity contribution in [2.75, 3.05) is 18.0 Å². The van der Waals surface area contributed by atoms with Crippen LogP contribution >= 0.6 is 11.6 Å². The molecule has 1 aliphatic rings. The average molecular weight is 388 g/mol. The van der Waals surface area contributed by atoms with Gasteiger partial charge in [0.1, 0.15) is 11.6 Å². The van der Waals surface area contributed by atoms with E-state index >= 15 is 0 Å². The maximum absolute atomic E-state index is 12.5. The quantitative estimate of drug-likeness (QED) is 0.810. The number of amides is 1.